The van der Waals surface area contributed by atoms with Crippen LogP contribution in [-0.4, -0.2) is 26.0 Å². The Kier molecular flexibility index (Phi) is 8.38. The highest BCUT2D eigenvalue weighted by Crippen LogP contribution is 2.37. The van der Waals surface area contributed by atoms with E-state index in [2.05, 4.69) is 0 Å². The Bertz CT molecular complexity index is 1080. The van der Waals surface area contributed by atoms with Gasteiger partial charge in [0, 0.05) is 10.6 Å². The SMILES string of the molecule is CC(C)(C)[N+](Cl)(C(=O)c1ccc(Cl)cc1)N(Cl)C(=O)c1ccc(-c2ccccc2)cc1.Cl. The molecule has 8 heteroatoms. The number of carbonyl (C=O) groups is 2. The van der Waals surface area contributed by atoms with E-state index >= 15 is 0 Å². The lowest BCUT2D eigenvalue weighted by atomic mass is 10.0. The monoisotopic (exact) mass is 511 g/mol. The molecule has 0 heterocycles. The van der Waals surface area contributed by atoms with Gasteiger partial charge in [-0.3, -0.25) is 4.79 Å². The predicted molar refractivity (Wildman–Crippen MR) is 133 cm³/mol. The van der Waals surface area contributed by atoms with E-state index in [0.717, 1.165) is 15.7 Å². The molecule has 3 rings (SSSR count). The van der Waals surface area contributed by atoms with Gasteiger partial charge in [0.1, 0.15) is 5.54 Å². The molecule has 2 amide bonds. The molecule has 4 nitrogen and oxygen atoms in total. The molecular weight excluding hydrogens is 490 g/mol. The molecule has 1 atom stereocenters. The van der Waals surface area contributed by atoms with E-state index in [9.17, 15) is 9.59 Å². The van der Waals surface area contributed by atoms with E-state index in [4.69, 9.17) is 35.2 Å². The average molecular weight is 513 g/mol. The minimum absolute atomic E-state index is 0. The Balaban J connectivity index is 0.00000363. The summed E-state index contributed by atoms with van der Waals surface area (Å²) < 4.78 is -0.231. The number of rotatable bonds is 3. The summed E-state index contributed by atoms with van der Waals surface area (Å²) in [6, 6.07) is 23.0. The van der Waals surface area contributed by atoms with Crippen molar-refractivity contribution < 1.29 is 13.7 Å². The van der Waals surface area contributed by atoms with E-state index < -0.39 is 21.5 Å². The molecule has 168 valence electrons. The van der Waals surface area contributed by atoms with Crippen molar-refractivity contribution in [2.75, 3.05) is 0 Å². The number of benzene rings is 3. The van der Waals surface area contributed by atoms with Crippen LogP contribution in [0.5, 0.6) is 0 Å². The third-order valence-corrected chi connectivity index (χ3v) is 6.42. The lowest BCUT2D eigenvalue weighted by molar-refractivity contribution is -0.871. The molecule has 0 aromatic heterocycles. The highest BCUT2D eigenvalue weighted by molar-refractivity contribution is 6.30. The van der Waals surface area contributed by atoms with Crippen LogP contribution in [0.15, 0.2) is 78.9 Å². The zero-order chi connectivity index (χ0) is 22.8. The van der Waals surface area contributed by atoms with Crippen molar-refractivity contribution in [3.63, 3.8) is 0 Å². The van der Waals surface area contributed by atoms with Crippen molar-refractivity contribution in [1.82, 2.24) is 4.53 Å². The van der Waals surface area contributed by atoms with Gasteiger partial charge in [0.25, 0.3) is 0 Å². The Labute approximate surface area is 209 Å². The summed E-state index contributed by atoms with van der Waals surface area (Å²) in [7, 11) is 0. The molecule has 0 aliphatic rings. The van der Waals surface area contributed by atoms with Crippen molar-refractivity contribution in [3.05, 3.63) is 95.0 Å². The van der Waals surface area contributed by atoms with Crippen molar-refractivity contribution >= 4 is 59.4 Å². The van der Waals surface area contributed by atoms with E-state index in [1.807, 2.05) is 42.5 Å². The third kappa shape index (κ3) is 5.11. The summed E-state index contributed by atoms with van der Waals surface area (Å²) in [6.07, 6.45) is 0. The van der Waals surface area contributed by atoms with Crippen LogP contribution in [0.4, 0.5) is 0 Å². The number of nitrogens with zero attached hydrogens (tertiary/aromatic N) is 2. The van der Waals surface area contributed by atoms with Crippen LogP contribution < -0.4 is 0 Å². The van der Waals surface area contributed by atoms with Gasteiger partial charge in [-0.2, -0.15) is 0 Å². The number of quaternary nitrogens is 1. The fourth-order valence-corrected chi connectivity index (χ4v) is 3.76. The molecule has 3 aromatic rings. The van der Waals surface area contributed by atoms with Crippen molar-refractivity contribution in [3.8, 4) is 11.1 Å². The molecule has 32 heavy (non-hydrogen) atoms. The highest BCUT2D eigenvalue weighted by Gasteiger charge is 2.56. The predicted octanol–water partition coefficient (Wildman–Crippen LogP) is 7.55. The number of amides is 2. The first-order valence-corrected chi connectivity index (χ1v) is 10.7. The largest absolute Gasteiger partial charge is 0.390 e. The topological polar surface area (TPSA) is 37.4 Å². The van der Waals surface area contributed by atoms with Gasteiger partial charge in [-0.15, -0.1) is 12.4 Å². The first-order chi connectivity index (χ1) is 14.6. The Morgan fingerprint density at radius 1 is 0.781 bits per heavy atom. The van der Waals surface area contributed by atoms with Gasteiger partial charge < -0.3 is 0 Å². The first-order valence-electron chi connectivity index (χ1n) is 9.61. The third-order valence-electron chi connectivity index (χ3n) is 4.90. The Morgan fingerprint density at radius 2 is 1.25 bits per heavy atom. The normalized spacial score (nSPS) is 12.9. The zero-order valence-corrected chi connectivity index (χ0v) is 20.8. The molecule has 0 saturated heterocycles. The summed E-state index contributed by atoms with van der Waals surface area (Å²) in [5.74, 6) is -1.14. The van der Waals surface area contributed by atoms with E-state index in [0.29, 0.717) is 10.6 Å². The van der Waals surface area contributed by atoms with Crippen LogP contribution in [0.25, 0.3) is 11.1 Å². The van der Waals surface area contributed by atoms with Crippen LogP contribution in [0.2, 0.25) is 5.02 Å². The number of hydrogen-bond acceptors (Lipinski definition) is 2. The summed E-state index contributed by atoms with van der Waals surface area (Å²) in [5, 5.41) is 0.484. The van der Waals surface area contributed by atoms with Crippen LogP contribution in [0, 0.1) is 0 Å². The maximum absolute atomic E-state index is 13.4. The molecule has 0 saturated carbocycles. The standard InChI is InChI=1S/C24H22Cl3N2O2.ClH/c1-24(2,3)29(27,23(31)20-13-15-21(25)16-14-20)28(26)22(30)19-11-9-18(10-12-19)17-7-5-4-6-8-17;/h4-16H,1-3H3;1H/q+1;. The molecule has 0 aliphatic heterocycles. The van der Waals surface area contributed by atoms with Gasteiger partial charge in [0.2, 0.25) is 11.8 Å². The van der Waals surface area contributed by atoms with Gasteiger partial charge in [0.15, 0.2) is 0 Å². The van der Waals surface area contributed by atoms with E-state index in [1.165, 1.54) is 0 Å². The molecule has 0 spiro atoms. The minimum atomic E-state index is -0.977. The van der Waals surface area contributed by atoms with Crippen LogP contribution in [-0.2, 0) is 0 Å². The minimum Gasteiger partial charge on any atom is -0.262 e. The van der Waals surface area contributed by atoms with Crippen LogP contribution >= 0.6 is 47.6 Å². The lowest BCUT2D eigenvalue weighted by Gasteiger charge is -2.40. The Morgan fingerprint density at radius 3 is 1.75 bits per heavy atom. The van der Waals surface area contributed by atoms with E-state index in [-0.39, 0.29) is 18.0 Å². The maximum Gasteiger partial charge on any atom is 0.390 e. The molecular formula is C24H23Cl4N2O2+. The smallest absolute Gasteiger partial charge is 0.262 e. The fourth-order valence-electron chi connectivity index (χ4n) is 3.08. The number of carbonyl (C=O) groups excluding carboxylic acids is 2. The zero-order valence-electron chi connectivity index (χ0n) is 17.8. The number of hydrogen-bond donors (Lipinski definition) is 0. The van der Waals surface area contributed by atoms with Crippen LogP contribution in [0.1, 0.15) is 41.5 Å². The van der Waals surface area contributed by atoms with Gasteiger partial charge in [0.05, 0.1) is 17.3 Å². The van der Waals surface area contributed by atoms with Crippen LogP contribution in [0.3, 0.4) is 0 Å². The second-order valence-electron chi connectivity index (χ2n) is 8.05. The average Bonchev–Trinajstić information content (AvgIpc) is 2.77. The first kappa shape index (κ1) is 26.2. The second-order valence-corrected chi connectivity index (χ2v) is 9.29. The van der Waals surface area contributed by atoms with E-state index in [1.54, 1.807) is 57.2 Å². The summed E-state index contributed by atoms with van der Waals surface area (Å²) >= 11 is 19.2. The van der Waals surface area contributed by atoms with Gasteiger partial charge in [-0.25, -0.2) is 4.79 Å². The Hall–Kier alpha value is -2.08. The molecule has 0 aliphatic carbocycles. The molecule has 0 radical (unpaired) electrons. The summed E-state index contributed by atoms with van der Waals surface area (Å²) in [6.45, 7) is 5.19. The summed E-state index contributed by atoms with van der Waals surface area (Å²) in [5.41, 5.74) is 1.65. The highest BCUT2D eigenvalue weighted by atomic mass is 35.5. The molecule has 1 unspecified atom stereocenters. The fraction of sp³-hybridized carbons (Fsp3) is 0.167. The maximum atomic E-state index is 13.4. The van der Waals surface area contributed by atoms with Crippen molar-refractivity contribution in [2.45, 2.75) is 26.3 Å². The molecule has 0 fully saturated rings. The quantitative estimate of drug-likeness (QED) is 0.268. The molecule has 0 N–H and O–H groups in total. The second kappa shape index (κ2) is 10.2. The van der Waals surface area contributed by atoms with Crippen molar-refractivity contribution in [2.24, 2.45) is 0 Å². The molecule has 0 bridgehead atoms. The number of halogens is 4. The lowest BCUT2D eigenvalue weighted by Crippen LogP contribution is -2.64. The van der Waals surface area contributed by atoms with Crippen molar-refractivity contribution in [1.29, 1.82) is 0 Å². The van der Waals surface area contributed by atoms with Gasteiger partial charge in [-0.1, -0.05) is 58.6 Å². The summed E-state index contributed by atoms with van der Waals surface area (Å²) in [4.78, 5) is 26.6. The van der Waals surface area contributed by atoms with Gasteiger partial charge >= 0.3 is 11.8 Å². The van der Waals surface area contributed by atoms with Gasteiger partial charge in [-0.05, 0) is 72.4 Å². The molecule has 3 aromatic carbocycles.